The number of benzene rings is 2. The third kappa shape index (κ3) is 4.75. The summed E-state index contributed by atoms with van der Waals surface area (Å²) in [5.74, 6) is -0.00969. The number of phenolic OH excluding ortho intramolecular Hbond substituents is 1. The van der Waals surface area contributed by atoms with E-state index in [-0.39, 0.29) is 28.8 Å². The van der Waals surface area contributed by atoms with Gasteiger partial charge in [0.1, 0.15) is 5.75 Å². The fourth-order valence-electron chi connectivity index (χ4n) is 5.01. The third-order valence-electron chi connectivity index (χ3n) is 5.84. The summed E-state index contributed by atoms with van der Waals surface area (Å²) in [6.45, 7) is 8.67. The zero-order valence-corrected chi connectivity index (χ0v) is 19.7. The first-order valence-electron chi connectivity index (χ1n) is 10.4. The van der Waals surface area contributed by atoms with Crippen LogP contribution >= 0.6 is 23.2 Å². The van der Waals surface area contributed by atoms with Crippen LogP contribution in [0.2, 0.25) is 10.0 Å². The van der Waals surface area contributed by atoms with Crippen LogP contribution in [0.25, 0.3) is 22.2 Å². The molecule has 1 aliphatic rings. The van der Waals surface area contributed by atoms with Crippen molar-refractivity contribution in [2.75, 3.05) is 0 Å². The molecule has 7 heteroatoms. The van der Waals surface area contributed by atoms with Crippen molar-refractivity contribution in [3.05, 3.63) is 52.0 Å². The molecule has 1 saturated heterocycles. The van der Waals surface area contributed by atoms with Crippen LogP contribution in [0.5, 0.6) is 5.75 Å². The van der Waals surface area contributed by atoms with Crippen LogP contribution in [-0.2, 0) is 0 Å². The van der Waals surface area contributed by atoms with Crippen molar-refractivity contribution in [2.24, 2.45) is 0 Å². The molecule has 5 nitrogen and oxygen atoms in total. The maximum absolute atomic E-state index is 12.9. The molecule has 0 radical (unpaired) electrons. The smallest absolute Gasteiger partial charge is 0.342 e. The molecule has 1 amide bonds. The highest BCUT2D eigenvalue weighted by atomic mass is 35.5. The summed E-state index contributed by atoms with van der Waals surface area (Å²) in [6.07, 6.45) is 1.79. The molecule has 1 aromatic heterocycles. The van der Waals surface area contributed by atoms with Crippen molar-refractivity contribution >= 4 is 40.0 Å². The Morgan fingerprint density at radius 1 is 1.03 bits per heavy atom. The van der Waals surface area contributed by atoms with E-state index >= 15 is 0 Å². The minimum Gasteiger partial charge on any atom is -0.507 e. The molecule has 2 aromatic carbocycles. The number of aromatic hydroxyl groups is 1. The fraction of sp³-hybridized carbons (Fsp3) is 0.375. The number of primary amides is 1. The van der Waals surface area contributed by atoms with Crippen LogP contribution in [0, 0.1) is 0 Å². The first kappa shape index (κ1) is 22.2. The number of aromatic amines is 1. The van der Waals surface area contributed by atoms with Crippen LogP contribution in [-0.4, -0.2) is 33.1 Å². The zero-order valence-electron chi connectivity index (χ0n) is 18.1. The average molecular weight is 461 g/mol. The number of aromatic nitrogens is 1. The average Bonchev–Trinajstić information content (AvgIpc) is 3.01. The van der Waals surface area contributed by atoms with Gasteiger partial charge in [-0.05, 0) is 64.1 Å². The van der Waals surface area contributed by atoms with Gasteiger partial charge in [0.2, 0.25) is 0 Å². The summed E-state index contributed by atoms with van der Waals surface area (Å²) in [5.41, 5.74) is 2.60. The van der Waals surface area contributed by atoms with E-state index in [1.54, 1.807) is 24.3 Å². The van der Waals surface area contributed by atoms with E-state index in [0.29, 0.717) is 21.2 Å². The summed E-state index contributed by atoms with van der Waals surface area (Å²) in [5, 5.41) is 17.9. The molecule has 0 saturated carbocycles. The summed E-state index contributed by atoms with van der Waals surface area (Å²) < 4.78 is 0. The van der Waals surface area contributed by atoms with Crippen LogP contribution in [0.15, 0.2) is 36.4 Å². The lowest BCUT2D eigenvalue weighted by Crippen LogP contribution is -2.95. The molecule has 31 heavy (non-hydrogen) atoms. The number of H-pyrrole nitrogens is 1. The Bertz CT molecular complexity index is 1110. The maximum Gasteiger partial charge on any atom is 0.342 e. The Labute approximate surface area is 192 Å². The van der Waals surface area contributed by atoms with E-state index in [1.807, 2.05) is 11.4 Å². The van der Waals surface area contributed by atoms with Crippen LogP contribution in [0.1, 0.15) is 50.9 Å². The summed E-state index contributed by atoms with van der Waals surface area (Å²) in [7, 11) is 0. The zero-order chi connectivity index (χ0) is 22.6. The molecule has 0 atom stereocenters. The quantitative estimate of drug-likeness (QED) is 0.450. The number of hydrogen-bond donors (Lipinski definition) is 4. The van der Waals surface area contributed by atoms with Gasteiger partial charge in [-0.2, -0.15) is 0 Å². The molecule has 0 spiro atoms. The van der Waals surface area contributed by atoms with Crippen molar-refractivity contribution in [1.29, 1.82) is 0 Å². The number of hydrogen-bond acceptors (Lipinski definition) is 3. The minimum atomic E-state index is -0.0597. The standard InChI is InChI=1S/C24H27Cl2N3O2/c1-23(2)11-15(12-24(3,4)29-23)27-22(31)13-5-6-16(21(30)9-13)20-8-14-7-17(25)18(26)10-19(14)28-20/h5-10,15,28-30H,11-12H2,1-4H3,(H,27,31)/p+1. The highest BCUT2D eigenvalue weighted by Gasteiger charge is 2.40. The van der Waals surface area contributed by atoms with Crippen molar-refractivity contribution in [1.82, 2.24) is 10.3 Å². The highest BCUT2D eigenvalue weighted by Crippen LogP contribution is 2.34. The van der Waals surface area contributed by atoms with Gasteiger partial charge in [-0.15, -0.1) is 0 Å². The summed E-state index contributed by atoms with van der Waals surface area (Å²) in [6, 6.07) is 10.7. The minimum absolute atomic E-state index is 0.0311. The molecule has 4 rings (SSSR count). The number of piperidine rings is 1. The largest absolute Gasteiger partial charge is 0.507 e. The van der Waals surface area contributed by atoms with Gasteiger partial charge in [0.15, 0.2) is 0 Å². The van der Waals surface area contributed by atoms with Gasteiger partial charge in [0.05, 0.1) is 27.3 Å². The molecule has 3 aromatic rings. The third-order valence-corrected chi connectivity index (χ3v) is 6.57. The number of nitrogens with two attached hydrogens (primary N) is 1. The second kappa shape index (κ2) is 7.82. The molecular weight excluding hydrogens is 433 g/mol. The van der Waals surface area contributed by atoms with E-state index < -0.39 is 0 Å². The number of amides is 1. The molecule has 5 N–H and O–H groups in total. The van der Waals surface area contributed by atoms with Gasteiger partial charge in [0.25, 0.3) is 0 Å². The van der Waals surface area contributed by atoms with Crippen molar-refractivity contribution < 1.29 is 15.2 Å². The molecule has 0 aliphatic carbocycles. The maximum atomic E-state index is 12.9. The van der Waals surface area contributed by atoms with Crippen LogP contribution in [0.4, 0.5) is 0 Å². The fourth-order valence-corrected chi connectivity index (χ4v) is 5.35. The van der Waals surface area contributed by atoms with Gasteiger partial charge < -0.3 is 15.4 Å². The molecule has 164 valence electrons. The highest BCUT2D eigenvalue weighted by molar-refractivity contribution is 6.42. The van der Waals surface area contributed by atoms with Gasteiger partial charge in [-0.3, -0.25) is 5.32 Å². The van der Waals surface area contributed by atoms with E-state index in [0.717, 1.165) is 29.4 Å². The number of carbonyl (C=O) groups is 1. The van der Waals surface area contributed by atoms with Crippen LogP contribution < -0.4 is 10.6 Å². The summed E-state index contributed by atoms with van der Waals surface area (Å²) in [4.78, 5) is 16.2. The SMILES string of the molecule is CC1(C)CC([NH2+]C(=O)c2ccc(-c3cc4cc(Cl)c(Cl)cc4[nH]3)c(O)c2)CC(C)(C)N1. The van der Waals surface area contributed by atoms with Gasteiger partial charge in [0, 0.05) is 40.4 Å². The Morgan fingerprint density at radius 3 is 2.32 bits per heavy atom. The monoisotopic (exact) mass is 460 g/mol. The van der Waals surface area contributed by atoms with Gasteiger partial charge in [-0.25, -0.2) is 4.79 Å². The number of nitrogens with one attached hydrogen (secondary N) is 2. The van der Waals surface area contributed by atoms with E-state index in [9.17, 15) is 9.90 Å². The number of rotatable bonds is 3. The summed E-state index contributed by atoms with van der Waals surface area (Å²) >= 11 is 12.2. The second-order valence-electron chi connectivity index (χ2n) is 9.86. The molecule has 2 heterocycles. The molecule has 1 aliphatic heterocycles. The van der Waals surface area contributed by atoms with Crippen molar-refractivity contribution in [2.45, 2.75) is 57.7 Å². The number of halogens is 2. The first-order chi connectivity index (χ1) is 14.4. The van der Waals surface area contributed by atoms with E-state index in [2.05, 4.69) is 38.0 Å². The number of phenols is 1. The predicted octanol–water partition coefficient (Wildman–Crippen LogP) is 4.86. The number of fused-ring (bicyclic) bond motifs is 1. The number of quaternary nitrogens is 1. The molecule has 1 fully saturated rings. The van der Waals surface area contributed by atoms with E-state index in [1.165, 1.54) is 6.07 Å². The predicted molar refractivity (Wildman–Crippen MR) is 126 cm³/mol. The Kier molecular flexibility index (Phi) is 5.59. The van der Waals surface area contributed by atoms with Gasteiger partial charge >= 0.3 is 5.91 Å². The lowest BCUT2D eigenvalue weighted by atomic mass is 9.79. The normalized spacial score (nSPS) is 18.4. The Hall–Kier alpha value is -2.05. The number of carbonyl (C=O) groups excluding carboxylic acids is 1. The second-order valence-corrected chi connectivity index (χ2v) is 10.7. The van der Waals surface area contributed by atoms with E-state index in [4.69, 9.17) is 23.2 Å². The molecule has 0 bridgehead atoms. The lowest BCUT2D eigenvalue weighted by Gasteiger charge is -2.44. The first-order valence-corrected chi connectivity index (χ1v) is 11.2. The molecular formula is C24H28Cl2N3O2+. The van der Waals surface area contributed by atoms with Gasteiger partial charge in [-0.1, -0.05) is 23.2 Å². The lowest BCUT2D eigenvalue weighted by molar-refractivity contribution is -0.601. The van der Waals surface area contributed by atoms with Crippen LogP contribution in [0.3, 0.4) is 0 Å². The Balaban J connectivity index is 1.55. The van der Waals surface area contributed by atoms with Crippen molar-refractivity contribution in [3.8, 4) is 17.0 Å². The topological polar surface area (TPSA) is 81.7 Å². The Morgan fingerprint density at radius 2 is 1.68 bits per heavy atom. The molecule has 0 unspecified atom stereocenters. The van der Waals surface area contributed by atoms with Crippen molar-refractivity contribution in [3.63, 3.8) is 0 Å².